The van der Waals surface area contributed by atoms with Gasteiger partial charge in [0.2, 0.25) is 0 Å². The van der Waals surface area contributed by atoms with Crippen LogP contribution in [0, 0.1) is 0 Å². The molecule has 0 aliphatic heterocycles. The number of hydrogen-bond acceptors (Lipinski definition) is 1. The maximum atomic E-state index is 5.63. The fraction of sp³-hybridized carbons (Fsp3) is 0.273. The van der Waals surface area contributed by atoms with Crippen molar-refractivity contribution in [2.24, 2.45) is 5.73 Å². The van der Waals surface area contributed by atoms with E-state index in [1.54, 1.807) is 0 Å². The van der Waals surface area contributed by atoms with Crippen LogP contribution in [0.1, 0.15) is 18.5 Å². The highest BCUT2D eigenvalue weighted by Crippen LogP contribution is 2.23. The van der Waals surface area contributed by atoms with Gasteiger partial charge in [-0.2, -0.15) is 0 Å². The topological polar surface area (TPSA) is 41.8 Å². The van der Waals surface area contributed by atoms with Gasteiger partial charge >= 0.3 is 0 Å². The number of aromatic nitrogens is 1. The van der Waals surface area contributed by atoms with Gasteiger partial charge < -0.3 is 10.7 Å². The van der Waals surface area contributed by atoms with E-state index in [0.717, 1.165) is 4.47 Å². The summed E-state index contributed by atoms with van der Waals surface area (Å²) in [5.41, 5.74) is 8.01. The first-order valence-corrected chi connectivity index (χ1v) is 5.48. The van der Waals surface area contributed by atoms with Gasteiger partial charge in [0.15, 0.2) is 0 Å². The predicted molar refractivity (Wildman–Crippen MR) is 63.5 cm³/mol. The molecule has 0 aliphatic carbocycles. The lowest BCUT2D eigenvalue weighted by atomic mass is 10.1. The third-order valence-electron chi connectivity index (χ3n) is 2.49. The third-order valence-corrected chi connectivity index (χ3v) is 2.98. The molecule has 1 aromatic carbocycles. The highest BCUT2D eigenvalue weighted by molar-refractivity contribution is 9.10. The Bertz CT molecular complexity index is 447. The van der Waals surface area contributed by atoms with Crippen molar-refractivity contribution in [3.05, 3.63) is 34.4 Å². The van der Waals surface area contributed by atoms with Crippen molar-refractivity contribution >= 4 is 26.8 Å². The lowest BCUT2D eigenvalue weighted by Crippen LogP contribution is -2.08. The molecule has 74 valence electrons. The summed E-state index contributed by atoms with van der Waals surface area (Å²) in [6.45, 7) is 2.80. The Hall–Kier alpha value is -0.800. The number of halogens is 1. The fourth-order valence-corrected chi connectivity index (χ4v) is 1.90. The number of hydrogen-bond donors (Lipinski definition) is 2. The molecule has 0 aliphatic rings. The monoisotopic (exact) mass is 252 g/mol. The van der Waals surface area contributed by atoms with Crippen molar-refractivity contribution in [2.45, 2.75) is 12.8 Å². The van der Waals surface area contributed by atoms with Gasteiger partial charge in [0, 0.05) is 33.5 Å². The summed E-state index contributed by atoms with van der Waals surface area (Å²) in [6.07, 6.45) is 0. The Morgan fingerprint density at radius 1 is 1.43 bits per heavy atom. The second-order valence-corrected chi connectivity index (χ2v) is 4.51. The fourth-order valence-electron chi connectivity index (χ4n) is 1.52. The van der Waals surface area contributed by atoms with E-state index in [1.807, 2.05) is 6.07 Å². The molecule has 14 heavy (non-hydrogen) atoms. The number of nitrogens with one attached hydrogen (secondary N) is 1. The zero-order valence-corrected chi connectivity index (χ0v) is 9.64. The van der Waals surface area contributed by atoms with Crippen LogP contribution in [0.25, 0.3) is 10.9 Å². The second kappa shape index (κ2) is 3.75. The van der Waals surface area contributed by atoms with E-state index in [1.165, 1.54) is 16.6 Å². The maximum absolute atomic E-state index is 5.63. The zero-order valence-electron chi connectivity index (χ0n) is 8.05. The molecule has 1 heterocycles. The van der Waals surface area contributed by atoms with Crippen LogP contribution in [0.15, 0.2) is 28.7 Å². The van der Waals surface area contributed by atoms with Crippen LogP contribution in [0.4, 0.5) is 0 Å². The molecule has 3 N–H and O–H groups in total. The molecule has 0 spiro atoms. The summed E-state index contributed by atoms with van der Waals surface area (Å²) in [5, 5.41) is 1.23. The molecular formula is C11H13BrN2. The highest BCUT2D eigenvalue weighted by atomic mass is 79.9. The van der Waals surface area contributed by atoms with Gasteiger partial charge in [-0.1, -0.05) is 22.9 Å². The number of benzene rings is 1. The minimum Gasteiger partial charge on any atom is -0.358 e. The smallest absolute Gasteiger partial charge is 0.0456 e. The molecule has 0 bridgehead atoms. The minimum absolute atomic E-state index is 0.390. The molecule has 0 saturated heterocycles. The van der Waals surface area contributed by atoms with Gasteiger partial charge in [-0.3, -0.25) is 0 Å². The van der Waals surface area contributed by atoms with E-state index < -0.39 is 0 Å². The molecule has 1 atom stereocenters. The molecule has 0 amide bonds. The van der Waals surface area contributed by atoms with Gasteiger partial charge in [-0.15, -0.1) is 0 Å². The third kappa shape index (κ3) is 1.70. The summed E-state index contributed by atoms with van der Waals surface area (Å²) in [6, 6.07) is 8.39. The lowest BCUT2D eigenvalue weighted by molar-refractivity contribution is 0.754. The predicted octanol–water partition coefficient (Wildman–Crippen LogP) is 2.99. The molecule has 3 heteroatoms. The summed E-state index contributed by atoms with van der Waals surface area (Å²) < 4.78 is 1.11. The van der Waals surface area contributed by atoms with Gasteiger partial charge in [-0.25, -0.2) is 0 Å². The molecule has 1 unspecified atom stereocenters. The molecule has 1 aromatic heterocycles. The standard InChI is InChI=1S/C11H13BrN2/c1-7(6-13)11-5-8-4-9(12)2-3-10(8)14-11/h2-5,7,14H,6,13H2,1H3. The van der Waals surface area contributed by atoms with Crippen LogP contribution < -0.4 is 5.73 Å². The molecular weight excluding hydrogens is 240 g/mol. The van der Waals surface area contributed by atoms with Crippen molar-refractivity contribution in [1.29, 1.82) is 0 Å². The molecule has 2 rings (SSSR count). The van der Waals surface area contributed by atoms with Crippen molar-refractivity contribution in [3.8, 4) is 0 Å². The van der Waals surface area contributed by atoms with Crippen LogP contribution >= 0.6 is 15.9 Å². The maximum Gasteiger partial charge on any atom is 0.0456 e. The summed E-state index contributed by atoms with van der Waals surface area (Å²) >= 11 is 3.46. The van der Waals surface area contributed by atoms with E-state index >= 15 is 0 Å². The number of fused-ring (bicyclic) bond motifs is 1. The first kappa shape index (κ1) is 9.74. The molecule has 2 nitrogen and oxygen atoms in total. The van der Waals surface area contributed by atoms with Gasteiger partial charge in [-0.05, 0) is 24.3 Å². The average Bonchev–Trinajstić information content (AvgIpc) is 2.59. The molecule has 0 radical (unpaired) electrons. The number of aromatic amines is 1. The zero-order chi connectivity index (χ0) is 10.1. The second-order valence-electron chi connectivity index (χ2n) is 3.59. The SMILES string of the molecule is CC(CN)c1cc2cc(Br)ccc2[nH]1. The van der Waals surface area contributed by atoms with Crippen molar-refractivity contribution in [2.75, 3.05) is 6.54 Å². The minimum atomic E-state index is 0.390. The average molecular weight is 253 g/mol. The van der Waals surface area contributed by atoms with Crippen LogP contribution in [-0.2, 0) is 0 Å². The summed E-state index contributed by atoms with van der Waals surface area (Å²) in [7, 11) is 0. The van der Waals surface area contributed by atoms with E-state index in [2.05, 4.69) is 46.0 Å². The van der Waals surface area contributed by atoms with E-state index in [-0.39, 0.29) is 0 Å². The lowest BCUT2D eigenvalue weighted by Gasteiger charge is -2.03. The normalized spacial score (nSPS) is 13.4. The van der Waals surface area contributed by atoms with Crippen LogP contribution in [-0.4, -0.2) is 11.5 Å². The largest absolute Gasteiger partial charge is 0.358 e. The van der Waals surface area contributed by atoms with E-state index in [9.17, 15) is 0 Å². The first-order chi connectivity index (χ1) is 6.70. The van der Waals surface area contributed by atoms with Crippen LogP contribution in [0.2, 0.25) is 0 Å². The highest BCUT2D eigenvalue weighted by Gasteiger charge is 2.06. The molecule has 2 aromatic rings. The van der Waals surface area contributed by atoms with Crippen molar-refractivity contribution < 1.29 is 0 Å². The van der Waals surface area contributed by atoms with Crippen molar-refractivity contribution in [1.82, 2.24) is 4.98 Å². The number of H-pyrrole nitrogens is 1. The Morgan fingerprint density at radius 2 is 2.21 bits per heavy atom. The number of nitrogens with two attached hydrogens (primary N) is 1. The summed E-state index contributed by atoms with van der Waals surface area (Å²) in [5.74, 6) is 0.390. The number of rotatable bonds is 2. The van der Waals surface area contributed by atoms with Crippen molar-refractivity contribution in [3.63, 3.8) is 0 Å². The van der Waals surface area contributed by atoms with Gasteiger partial charge in [0.1, 0.15) is 0 Å². The first-order valence-electron chi connectivity index (χ1n) is 4.69. The van der Waals surface area contributed by atoms with Gasteiger partial charge in [0.25, 0.3) is 0 Å². The molecule has 0 fully saturated rings. The Balaban J connectivity index is 2.51. The quantitative estimate of drug-likeness (QED) is 0.848. The Labute approximate surface area is 91.6 Å². The Kier molecular flexibility index (Phi) is 2.61. The van der Waals surface area contributed by atoms with Crippen LogP contribution in [0.5, 0.6) is 0 Å². The van der Waals surface area contributed by atoms with Crippen LogP contribution in [0.3, 0.4) is 0 Å². The molecule has 0 saturated carbocycles. The van der Waals surface area contributed by atoms with Gasteiger partial charge in [0.05, 0.1) is 0 Å². The van der Waals surface area contributed by atoms with E-state index in [0.29, 0.717) is 12.5 Å². The Morgan fingerprint density at radius 3 is 2.93 bits per heavy atom. The summed E-state index contributed by atoms with van der Waals surface area (Å²) in [4.78, 5) is 3.37. The van der Waals surface area contributed by atoms with E-state index in [4.69, 9.17) is 5.73 Å².